The fourth-order valence-corrected chi connectivity index (χ4v) is 2.57. The largest absolute Gasteiger partial charge is 0.476 e. The Kier molecular flexibility index (Phi) is 2.88. The average Bonchev–Trinajstić information content (AvgIpc) is 2.93. The smallest absolute Gasteiger partial charge is 0.355 e. The molecule has 0 amide bonds. The molecule has 0 saturated heterocycles. The third-order valence-corrected chi connectivity index (χ3v) is 4.25. The molecule has 0 radical (unpaired) electrons. The number of nitrogens with zero attached hydrogens (tertiary/aromatic N) is 1. The number of anilines is 1. The van der Waals surface area contributed by atoms with Gasteiger partial charge in [0.25, 0.3) is 0 Å². The first kappa shape index (κ1) is 11.4. The minimum atomic E-state index is -0.946. The van der Waals surface area contributed by atoms with E-state index in [2.05, 4.69) is 17.2 Å². The number of thiazole rings is 1. The molecule has 88 valence electrons. The van der Waals surface area contributed by atoms with Crippen LogP contribution in [0.3, 0.4) is 0 Å². The van der Waals surface area contributed by atoms with E-state index in [4.69, 9.17) is 5.11 Å². The number of hydrogen-bond donors (Lipinski definition) is 2. The molecule has 16 heavy (non-hydrogen) atoms. The Bertz CT molecular complexity index is 410. The second-order valence-corrected chi connectivity index (χ2v) is 5.64. The van der Waals surface area contributed by atoms with Crippen molar-refractivity contribution < 1.29 is 9.90 Å². The highest BCUT2D eigenvalue weighted by molar-refractivity contribution is 7.15. The molecule has 0 unspecified atom stereocenters. The fourth-order valence-electron chi connectivity index (χ4n) is 1.77. The van der Waals surface area contributed by atoms with Crippen LogP contribution in [0.15, 0.2) is 0 Å². The lowest BCUT2D eigenvalue weighted by molar-refractivity contribution is 0.0690. The Balaban J connectivity index is 2.00. The number of rotatable bonds is 5. The van der Waals surface area contributed by atoms with Crippen LogP contribution in [0.1, 0.15) is 41.6 Å². The number of carboxylic acid groups (broad SMARTS) is 1. The Morgan fingerprint density at radius 1 is 1.62 bits per heavy atom. The third kappa shape index (κ3) is 2.19. The monoisotopic (exact) mass is 240 g/mol. The van der Waals surface area contributed by atoms with Gasteiger partial charge in [-0.3, -0.25) is 0 Å². The first-order valence-corrected chi connectivity index (χ1v) is 6.32. The Labute approximate surface area is 98.7 Å². The van der Waals surface area contributed by atoms with Crippen molar-refractivity contribution in [2.75, 3.05) is 11.9 Å². The Hall–Kier alpha value is -1.10. The van der Waals surface area contributed by atoms with E-state index in [0.717, 1.165) is 16.6 Å². The summed E-state index contributed by atoms with van der Waals surface area (Å²) in [7, 11) is 0. The van der Waals surface area contributed by atoms with E-state index < -0.39 is 5.97 Å². The zero-order chi connectivity index (χ0) is 11.8. The second-order valence-electron chi connectivity index (χ2n) is 4.44. The van der Waals surface area contributed by atoms with Crippen LogP contribution in [0.2, 0.25) is 0 Å². The number of aryl methyl sites for hydroxylation is 1. The van der Waals surface area contributed by atoms with Crippen molar-refractivity contribution in [2.24, 2.45) is 5.41 Å². The molecule has 2 rings (SSSR count). The number of aromatic carboxylic acids is 1. The minimum Gasteiger partial charge on any atom is -0.476 e. The highest BCUT2D eigenvalue weighted by Crippen LogP contribution is 2.48. The van der Waals surface area contributed by atoms with Crippen molar-refractivity contribution >= 4 is 22.4 Å². The van der Waals surface area contributed by atoms with Crippen LogP contribution in [0, 0.1) is 12.3 Å². The molecule has 1 saturated carbocycles. The standard InChI is InChI=1S/C11H16N2O2S/c1-3-11(4-5-11)6-12-10-13-8(9(14)15)7(2)16-10/h3-6H2,1-2H3,(H,12,13)(H,14,15). The molecule has 0 aromatic carbocycles. The summed E-state index contributed by atoms with van der Waals surface area (Å²) < 4.78 is 0. The van der Waals surface area contributed by atoms with Crippen molar-refractivity contribution in [3.05, 3.63) is 10.6 Å². The summed E-state index contributed by atoms with van der Waals surface area (Å²) in [4.78, 5) is 15.7. The molecule has 2 N–H and O–H groups in total. The van der Waals surface area contributed by atoms with Crippen LogP contribution in [0.25, 0.3) is 0 Å². The highest BCUT2D eigenvalue weighted by atomic mass is 32.1. The predicted octanol–water partition coefficient (Wildman–Crippen LogP) is 2.75. The molecule has 0 bridgehead atoms. The molecule has 5 heteroatoms. The normalized spacial score (nSPS) is 17.1. The van der Waals surface area contributed by atoms with Crippen molar-refractivity contribution in [3.8, 4) is 0 Å². The van der Waals surface area contributed by atoms with E-state index >= 15 is 0 Å². The van der Waals surface area contributed by atoms with Gasteiger partial charge in [0, 0.05) is 11.4 Å². The summed E-state index contributed by atoms with van der Waals surface area (Å²) in [6.07, 6.45) is 3.72. The number of hydrogen-bond acceptors (Lipinski definition) is 4. The number of aromatic nitrogens is 1. The van der Waals surface area contributed by atoms with E-state index in [1.807, 2.05) is 0 Å². The number of carbonyl (C=O) groups is 1. The predicted molar refractivity (Wildman–Crippen MR) is 64.3 cm³/mol. The topological polar surface area (TPSA) is 62.2 Å². The SMILES string of the molecule is CCC1(CNc2nc(C(=O)O)c(C)s2)CC1. The van der Waals surface area contributed by atoms with Crippen LogP contribution in [0.5, 0.6) is 0 Å². The van der Waals surface area contributed by atoms with Crippen molar-refractivity contribution in [3.63, 3.8) is 0 Å². The van der Waals surface area contributed by atoms with Gasteiger partial charge in [0.2, 0.25) is 0 Å². The molecule has 1 fully saturated rings. The Morgan fingerprint density at radius 3 is 2.75 bits per heavy atom. The maximum Gasteiger partial charge on any atom is 0.355 e. The van der Waals surface area contributed by atoms with E-state index in [0.29, 0.717) is 5.41 Å². The lowest BCUT2D eigenvalue weighted by Gasteiger charge is -2.11. The van der Waals surface area contributed by atoms with E-state index in [1.54, 1.807) is 6.92 Å². The summed E-state index contributed by atoms with van der Waals surface area (Å²) in [5.41, 5.74) is 0.622. The summed E-state index contributed by atoms with van der Waals surface area (Å²) >= 11 is 1.42. The molecule has 0 aliphatic heterocycles. The maximum absolute atomic E-state index is 10.8. The van der Waals surface area contributed by atoms with Gasteiger partial charge >= 0.3 is 5.97 Å². The van der Waals surface area contributed by atoms with Gasteiger partial charge in [0.1, 0.15) is 0 Å². The van der Waals surface area contributed by atoms with Gasteiger partial charge in [-0.05, 0) is 31.6 Å². The summed E-state index contributed by atoms with van der Waals surface area (Å²) in [5.74, 6) is -0.946. The molecule has 4 nitrogen and oxygen atoms in total. The molecular weight excluding hydrogens is 224 g/mol. The molecule has 1 aliphatic rings. The lowest BCUT2D eigenvalue weighted by atomic mass is 10.0. The second kappa shape index (κ2) is 4.05. The minimum absolute atomic E-state index is 0.175. The molecule has 0 spiro atoms. The van der Waals surface area contributed by atoms with Crippen LogP contribution >= 0.6 is 11.3 Å². The van der Waals surface area contributed by atoms with Gasteiger partial charge < -0.3 is 10.4 Å². The summed E-state index contributed by atoms with van der Waals surface area (Å²) in [5, 5.41) is 12.9. The van der Waals surface area contributed by atoms with E-state index in [9.17, 15) is 4.79 Å². The van der Waals surface area contributed by atoms with Crippen molar-refractivity contribution in [2.45, 2.75) is 33.1 Å². The van der Waals surface area contributed by atoms with Gasteiger partial charge in [-0.15, -0.1) is 11.3 Å². The lowest BCUT2D eigenvalue weighted by Crippen LogP contribution is -2.14. The molecular formula is C11H16N2O2S. The summed E-state index contributed by atoms with van der Waals surface area (Å²) in [6.45, 7) is 4.90. The van der Waals surface area contributed by atoms with Gasteiger partial charge in [-0.2, -0.15) is 0 Å². The quantitative estimate of drug-likeness (QED) is 0.830. The van der Waals surface area contributed by atoms with Crippen LogP contribution in [0.4, 0.5) is 5.13 Å². The first-order valence-electron chi connectivity index (χ1n) is 5.51. The van der Waals surface area contributed by atoms with Crippen LogP contribution < -0.4 is 5.32 Å². The first-order chi connectivity index (χ1) is 7.56. The highest BCUT2D eigenvalue weighted by Gasteiger charge is 2.40. The van der Waals surface area contributed by atoms with Crippen LogP contribution in [-0.2, 0) is 0 Å². The maximum atomic E-state index is 10.8. The van der Waals surface area contributed by atoms with Crippen molar-refractivity contribution in [1.29, 1.82) is 0 Å². The molecule has 0 atom stereocenters. The zero-order valence-electron chi connectivity index (χ0n) is 9.54. The van der Waals surface area contributed by atoms with E-state index in [-0.39, 0.29) is 5.69 Å². The number of nitrogens with one attached hydrogen (secondary N) is 1. The number of carboxylic acids is 1. The van der Waals surface area contributed by atoms with Crippen LogP contribution in [-0.4, -0.2) is 22.6 Å². The molecule has 1 aromatic heterocycles. The molecule has 1 aromatic rings. The van der Waals surface area contributed by atoms with E-state index in [1.165, 1.54) is 30.6 Å². The third-order valence-electron chi connectivity index (χ3n) is 3.32. The molecule has 1 aliphatic carbocycles. The van der Waals surface area contributed by atoms with Crippen molar-refractivity contribution in [1.82, 2.24) is 4.98 Å². The molecule has 1 heterocycles. The fraction of sp³-hybridized carbons (Fsp3) is 0.636. The Morgan fingerprint density at radius 2 is 2.31 bits per heavy atom. The van der Waals surface area contributed by atoms with Gasteiger partial charge in [-0.25, -0.2) is 9.78 Å². The zero-order valence-corrected chi connectivity index (χ0v) is 10.4. The van der Waals surface area contributed by atoms with Gasteiger partial charge in [0.05, 0.1) is 0 Å². The van der Waals surface area contributed by atoms with Gasteiger partial charge in [0.15, 0.2) is 10.8 Å². The van der Waals surface area contributed by atoms with Gasteiger partial charge in [-0.1, -0.05) is 6.92 Å². The average molecular weight is 240 g/mol. The summed E-state index contributed by atoms with van der Waals surface area (Å²) in [6, 6.07) is 0.